The molecular formula is C15H20N6O. The lowest BCUT2D eigenvalue weighted by Crippen LogP contribution is -2.32. The predicted octanol–water partition coefficient (Wildman–Crippen LogP) is 0.688. The van der Waals surface area contributed by atoms with Gasteiger partial charge in [-0.3, -0.25) is 9.78 Å². The van der Waals surface area contributed by atoms with Crippen LogP contribution in [0, 0.1) is 12.8 Å². The zero-order chi connectivity index (χ0) is 15.4. The molecule has 7 heteroatoms. The van der Waals surface area contributed by atoms with Crippen molar-refractivity contribution in [2.45, 2.75) is 39.2 Å². The van der Waals surface area contributed by atoms with Gasteiger partial charge in [-0.2, -0.15) is 0 Å². The average Bonchev–Trinajstić information content (AvgIpc) is 2.87. The molecule has 116 valence electrons. The van der Waals surface area contributed by atoms with Gasteiger partial charge in [-0.1, -0.05) is 6.07 Å². The molecule has 0 aromatic carbocycles. The molecule has 0 spiro atoms. The second-order valence-electron chi connectivity index (χ2n) is 5.63. The lowest BCUT2D eigenvalue weighted by atomic mass is 9.99. The number of carbonyl (C=O) groups is 1. The number of aromatic nitrogens is 5. The molecule has 1 unspecified atom stereocenters. The summed E-state index contributed by atoms with van der Waals surface area (Å²) in [5, 5.41) is 14.6. The Labute approximate surface area is 129 Å². The Morgan fingerprint density at radius 1 is 1.45 bits per heavy atom. The van der Waals surface area contributed by atoms with Gasteiger partial charge in [0.25, 0.3) is 0 Å². The van der Waals surface area contributed by atoms with E-state index in [1.54, 1.807) is 10.9 Å². The Morgan fingerprint density at radius 2 is 2.36 bits per heavy atom. The summed E-state index contributed by atoms with van der Waals surface area (Å²) in [6, 6.07) is 3.98. The number of hydrogen-bond donors (Lipinski definition) is 1. The lowest BCUT2D eigenvalue weighted by molar-refractivity contribution is -0.125. The Hall–Kier alpha value is -2.31. The zero-order valence-electron chi connectivity index (χ0n) is 12.7. The van der Waals surface area contributed by atoms with Gasteiger partial charge in [-0.15, -0.1) is 5.10 Å². The first-order valence-electron chi connectivity index (χ1n) is 7.67. The van der Waals surface area contributed by atoms with E-state index in [-0.39, 0.29) is 11.8 Å². The second kappa shape index (κ2) is 6.64. The van der Waals surface area contributed by atoms with Crippen molar-refractivity contribution in [1.82, 2.24) is 30.5 Å². The fourth-order valence-electron chi connectivity index (χ4n) is 2.81. The first-order valence-corrected chi connectivity index (χ1v) is 7.67. The smallest absolute Gasteiger partial charge is 0.223 e. The third-order valence-electron chi connectivity index (χ3n) is 4.19. The average molecular weight is 300 g/mol. The van der Waals surface area contributed by atoms with Crippen LogP contribution in [0.1, 0.15) is 29.9 Å². The topological polar surface area (TPSA) is 85.6 Å². The van der Waals surface area contributed by atoms with Crippen molar-refractivity contribution < 1.29 is 4.79 Å². The maximum atomic E-state index is 12.3. The van der Waals surface area contributed by atoms with E-state index in [1.165, 1.54) is 5.56 Å². The van der Waals surface area contributed by atoms with Gasteiger partial charge in [0.05, 0.1) is 0 Å². The number of aryl methyl sites for hydroxylation is 3. The van der Waals surface area contributed by atoms with E-state index in [9.17, 15) is 4.79 Å². The van der Waals surface area contributed by atoms with Gasteiger partial charge in [0.1, 0.15) is 0 Å². The minimum absolute atomic E-state index is 0.0264. The van der Waals surface area contributed by atoms with Crippen LogP contribution in [0.25, 0.3) is 0 Å². The van der Waals surface area contributed by atoms with Crippen molar-refractivity contribution in [3.05, 3.63) is 35.4 Å². The number of nitrogens with zero attached hydrogens (tertiary/aromatic N) is 5. The molecule has 2 aromatic heterocycles. The summed E-state index contributed by atoms with van der Waals surface area (Å²) in [4.78, 5) is 16.6. The molecule has 3 rings (SSSR count). The van der Waals surface area contributed by atoms with E-state index in [4.69, 9.17) is 0 Å². The molecule has 0 fully saturated rings. The zero-order valence-corrected chi connectivity index (χ0v) is 12.7. The summed E-state index contributed by atoms with van der Waals surface area (Å²) >= 11 is 0. The van der Waals surface area contributed by atoms with Crippen molar-refractivity contribution in [3.8, 4) is 0 Å². The second-order valence-corrected chi connectivity index (χ2v) is 5.63. The van der Waals surface area contributed by atoms with Gasteiger partial charge in [-0.05, 0) is 48.2 Å². The van der Waals surface area contributed by atoms with Crippen LogP contribution in [-0.2, 0) is 24.2 Å². The summed E-state index contributed by atoms with van der Waals surface area (Å²) in [7, 11) is 0. The molecule has 0 saturated heterocycles. The highest BCUT2D eigenvalue weighted by atomic mass is 16.1. The molecular weight excluding hydrogens is 280 g/mol. The Kier molecular flexibility index (Phi) is 4.41. The van der Waals surface area contributed by atoms with Crippen LogP contribution in [0.2, 0.25) is 0 Å². The summed E-state index contributed by atoms with van der Waals surface area (Å²) in [5.74, 6) is 1.03. The molecule has 0 saturated carbocycles. The number of pyridine rings is 1. The van der Waals surface area contributed by atoms with E-state index >= 15 is 0 Å². The number of tetrazole rings is 1. The highest BCUT2D eigenvalue weighted by Gasteiger charge is 2.23. The summed E-state index contributed by atoms with van der Waals surface area (Å²) in [6.07, 6.45) is 4.95. The third kappa shape index (κ3) is 3.29. The molecule has 1 aliphatic rings. The van der Waals surface area contributed by atoms with E-state index in [0.29, 0.717) is 13.1 Å². The highest BCUT2D eigenvalue weighted by molar-refractivity contribution is 5.78. The Morgan fingerprint density at radius 3 is 3.23 bits per heavy atom. The minimum Gasteiger partial charge on any atom is -0.356 e. The van der Waals surface area contributed by atoms with Crippen LogP contribution in [0.5, 0.6) is 0 Å². The summed E-state index contributed by atoms with van der Waals surface area (Å²) in [5.41, 5.74) is 2.20. The van der Waals surface area contributed by atoms with Gasteiger partial charge in [0.2, 0.25) is 5.91 Å². The summed E-state index contributed by atoms with van der Waals surface area (Å²) < 4.78 is 1.80. The fraction of sp³-hybridized carbons (Fsp3) is 0.533. The molecule has 2 aromatic rings. The predicted molar refractivity (Wildman–Crippen MR) is 79.9 cm³/mol. The maximum Gasteiger partial charge on any atom is 0.223 e. The van der Waals surface area contributed by atoms with Crippen molar-refractivity contribution in [1.29, 1.82) is 0 Å². The Bertz CT molecular complexity index is 630. The van der Waals surface area contributed by atoms with E-state index in [2.05, 4.69) is 31.9 Å². The largest absolute Gasteiger partial charge is 0.356 e. The van der Waals surface area contributed by atoms with E-state index in [0.717, 1.165) is 37.2 Å². The molecule has 3 heterocycles. The van der Waals surface area contributed by atoms with Crippen LogP contribution in [0.3, 0.4) is 0 Å². The van der Waals surface area contributed by atoms with Gasteiger partial charge < -0.3 is 5.32 Å². The van der Waals surface area contributed by atoms with Crippen molar-refractivity contribution in [2.24, 2.45) is 5.92 Å². The van der Waals surface area contributed by atoms with E-state index < -0.39 is 0 Å². The number of nitrogens with one attached hydrogen (secondary N) is 1. The standard InChI is InChI=1S/C15H20N6O/c1-11-12(3-2-8-16-11)6-9-17-15(22)13-4-5-14-18-19-20-21(14)10-7-13/h2-3,8,13H,4-7,9-10H2,1H3,(H,17,22). The van der Waals surface area contributed by atoms with E-state index in [1.807, 2.05) is 13.0 Å². The van der Waals surface area contributed by atoms with Crippen molar-refractivity contribution >= 4 is 5.91 Å². The molecule has 0 bridgehead atoms. The molecule has 1 amide bonds. The highest BCUT2D eigenvalue weighted by Crippen LogP contribution is 2.18. The summed E-state index contributed by atoms with van der Waals surface area (Å²) in [6.45, 7) is 3.35. The lowest BCUT2D eigenvalue weighted by Gasteiger charge is -2.14. The van der Waals surface area contributed by atoms with Crippen LogP contribution in [0.4, 0.5) is 0 Å². The van der Waals surface area contributed by atoms with Gasteiger partial charge >= 0.3 is 0 Å². The van der Waals surface area contributed by atoms with Gasteiger partial charge in [-0.25, -0.2) is 4.68 Å². The first-order chi connectivity index (χ1) is 10.7. The molecule has 1 N–H and O–H groups in total. The molecule has 1 atom stereocenters. The number of hydrogen-bond acceptors (Lipinski definition) is 5. The van der Waals surface area contributed by atoms with Crippen molar-refractivity contribution in [3.63, 3.8) is 0 Å². The maximum absolute atomic E-state index is 12.3. The molecule has 22 heavy (non-hydrogen) atoms. The molecule has 0 radical (unpaired) electrons. The Balaban J connectivity index is 1.48. The quantitative estimate of drug-likeness (QED) is 0.898. The fourth-order valence-corrected chi connectivity index (χ4v) is 2.81. The normalized spacial score (nSPS) is 17.6. The third-order valence-corrected chi connectivity index (χ3v) is 4.19. The molecule has 1 aliphatic heterocycles. The van der Waals surface area contributed by atoms with Crippen LogP contribution in [-0.4, -0.2) is 37.6 Å². The SMILES string of the molecule is Cc1ncccc1CCNC(=O)C1CCc2nnnn2CC1. The van der Waals surface area contributed by atoms with Crippen LogP contribution >= 0.6 is 0 Å². The molecule has 0 aliphatic carbocycles. The number of carbonyl (C=O) groups excluding carboxylic acids is 1. The van der Waals surface area contributed by atoms with Gasteiger partial charge in [0, 0.05) is 37.3 Å². The first kappa shape index (κ1) is 14.6. The van der Waals surface area contributed by atoms with Crippen LogP contribution < -0.4 is 5.32 Å². The monoisotopic (exact) mass is 300 g/mol. The molecule has 7 nitrogen and oxygen atoms in total. The van der Waals surface area contributed by atoms with Gasteiger partial charge in [0.15, 0.2) is 5.82 Å². The van der Waals surface area contributed by atoms with Crippen LogP contribution in [0.15, 0.2) is 18.3 Å². The number of rotatable bonds is 4. The number of fused-ring (bicyclic) bond motifs is 1. The minimum atomic E-state index is 0.0264. The van der Waals surface area contributed by atoms with Crippen molar-refractivity contribution in [2.75, 3.05) is 6.54 Å². The number of amides is 1.